The normalized spacial score (nSPS) is 17.2. The summed E-state index contributed by atoms with van der Waals surface area (Å²) in [6.07, 6.45) is 0. The van der Waals surface area contributed by atoms with E-state index in [0.29, 0.717) is 0 Å². The van der Waals surface area contributed by atoms with Gasteiger partial charge in [0, 0.05) is 27.2 Å². The maximum atomic E-state index is 5.27. The minimum Gasteiger partial charge on any atom is -0.247 e. The van der Waals surface area contributed by atoms with Gasteiger partial charge in [-0.05, 0) is 44.9 Å². The molecule has 1 heteroatoms. The van der Waals surface area contributed by atoms with Crippen LogP contribution in [0, 0.1) is 0 Å². The Hall–Kier alpha value is -3.71. The molecular weight excluding hydrogens is 410 g/mol. The Kier molecular flexibility index (Phi) is 3.74. The van der Waals surface area contributed by atoms with E-state index in [2.05, 4.69) is 119 Å². The molecule has 0 bridgehead atoms. The Morgan fingerprint density at radius 1 is 0.500 bits per heavy atom. The number of hydrogen-bond acceptors (Lipinski definition) is 1. The van der Waals surface area contributed by atoms with Crippen LogP contribution in [0.15, 0.2) is 91.0 Å². The zero-order chi connectivity index (χ0) is 23.2. The van der Waals surface area contributed by atoms with Crippen molar-refractivity contribution >= 4 is 32.8 Å². The summed E-state index contributed by atoms with van der Waals surface area (Å²) in [5.74, 6) is 0. The molecule has 2 aliphatic carbocycles. The molecule has 2 aliphatic rings. The Balaban J connectivity index is 1.57. The molecule has 1 nitrogen and oxygen atoms in total. The van der Waals surface area contributed by atoms with Crippen molar-refractivity contribution in [3.63, 3.8) is 0 Å². The van der Waals surface area contributed by atoms with Crippen LogP contribution < -0.4 is 0 Å². The van der Waals surface area contributed by atoms with Gasteiger partial charge >= 0.3 is 0 Å². The average Bonchev–Trinajstić information content (AvgIpc) is 3.25. The highest BCUT2D eigenvalue weighted by molar-refractivity contribution is 6.14. The van der Waals surface area contributed by atoms with Crippen molar-refractivity contribution in [2.24, 2.45) is 0 Å². The third kappa shape index (κ3) is 2.32. The Bertz CT molecular complexity index is 1700. The number of allylic oxidation sites excluding steroid dienone is 2. The van der Waals surface area contributed by atoms with Crippen LogP contribution in [0.5, 0.6) is 0 Å². The zero-order valence-corrected chi connectivity index (χ0v) is 20.1. The first kappa shape index (κ1) is 19.7. The van der Waals surface area contributed by atoms with E-state index in [9.17, 15) is 0 Å². The molecule has 1 aromatic heterocycles. The standard InChI is InChI=1S/C33H27N/c1-32(2)26-18-9-7-15-23(26)29-30(32)24-16-11-17-25(28(24)33(29,3)4)31-22-14-6-5-12-20(22)21-13-8-10-19-27(21)34-31/h5-19H,1-4H3. The lowest BCUT2D eigenvalue weighted by molar-refractivity contribution is 0.695. The van der Waals surface area contributed by atoms with Gasteiger partial charge in [-0.3, -0.25) is 0 Å². The number of benzene rings is 4. The number of nitrogens with zero attached hydrogens (tertiary/aromatic N) is 1. The van der Waals surface area contributed by atoms with Crippen molar-refractivity contribution in [2.75, 3.05) is 0 Å². The molecule has 0 amide bonds. The Morgan fingerprint density at radius 3 is 1.91 bits per heavy atom. The molecule has 0 spiro atoms. The molecule has 0 unspecified atom stereocenters. The lowest BCUT2D eigenvalue weighted by atomic mass is 9.74. The summed E-state index contributed by atoms with van der Waals surface area (Å²) < 4.78 is 0. The number of hydrogen-bond donors (Lipinski definition) is 0. The third-order valence-electron chi connectivity index (χ3n) is 8.19. The molecule has 0 saturated carbocycles. The van der Waals surface area contributed by atoms with E-state index in [4.69, 9.17) is 4.98 Å². The minimum atomic E-state index is -0.112. The molecule has 1 heterocycles. The van der Waals surface area contributed by atoms with Crippen LogP contribution in [-0.4, -0.2) is 4.98 Å². The summed E-state index contributed by atoms with van der Waals surface area (Å²) in [4.78, 5) is 5.27. The molecule has 7 rings (SSSR count). The lowest BCUT2D eigenvalue weighted by Crippen LogP contribution is -2.20. The average molecular weight is 438 g/mol. The number of fused-ring (bicyclic) bond motifs is 7. The molecule has 34 heavy (non-hydrogen) atoms. The highest BCUT2D eigenvalue weighted by Gasteiger charge is 2.50. The van der Waals surface area contributed by atoms with Crippen molar-refractivity contribution in [2.45, 2.75) is 38.5 Å². The van der Waals surface area contributed by atoms with E-state index >= 15 is 0 Å². The van der Waals surface area contributed by atoms with Gasteiger partial charge in [-0.25, -0.2) is 4.98 Å². The fraction of sp³-hybridized carbons (Fsp3) is 0.182. The van der Waals surface area contributed by atoms with Crippen molar-refractivity contribution in [3.05, 3.63) is 113 Å². The van der Waals surface area contributed by atoms with Crippen molar-refractivity contribution < 1.29 is 0 Å². The predicted octanol–water partition coefficient (Wildman–Crippen LogP) is 8.55. The molecule has 0 radical (unpaired) electrons. The fourth-order valence-corrected chi connectivity index (χ4v) is 6.81. The van der Waals surface area contributed by atoms with Crippen molar-refractivity contribution in [1.82, 2.24) is 4.98 Å². The zero-order valence-electron chi connectivity index (χ0n) is 20.1. The number of pyridine rings is 1. The highest BCUT2D eigenvalue weighted by Crippen LogP contribution is 2.63. The summed E-state index contributed by atoms with van der Waals surface area (Å²) >= 11 is 0. The maximum Gasteiger partial charge on any atom is 0.0791 e. The van der Waals surface area contributed by atoms with Gasteiger partial charge in [0.05, 0.1) is 11.2 Å². The van der Waals surface area contributed by atoms with Crippen LogP contribution in [0.2, 0.25) is 0 Å². The van der Waals surface area contributed by atoms with Crippen LogP contribution in [0.1, 0.15) is 49.9 Å². The quantitative estimate of drug-likeness (QED) is 0.239. The maximum absolute atomic E-state index is 5.27. The first-order valence-corrected chi connectivity index (χ1v) is 12.2. The van der Waals surface area contributed by atoms with Crippen LogP contribution in [0.25, 0.3) is 44.1 Å². The fourth-order valence-electron chi connectivity index (χ4n) is 6.81. The van der Waals surface area contributed by atoms with Gasteiger partial charge in [0.25, 0.3) is 0 Å². The second-order valence-corrected chi connectivity index (χ2v) is 10.8. The molecule has 0 saturated heterocycles. The van der Waals surface area contributed by atoms with Gasteiger partial charge < -0.3 is 0 Å². The van der Waals surface area contributed by atoms with Gasteiger partial charge in [-0.15, -0.1) is 0 Å². The van der Waals surface area contributed by atoms with E-state index in [0.717, 1.165) is 11.2 Å². The molecule has 0 aliphatic heterocycles. The predicted molar refractivity (Wildman–Crippen MR) is 144 cm³/mol. The molecule has 5 aromatic rings. The van der Waals surface area contributed by atoms with Crippen LogP contribution >= 0.6 is 0 Å². The smallest absolute Gasteiger partial charge is 0.0791 e. The SMILES string of the molecule is CC1(C)C2=C(c3ccccc31)C(C)(C)c1c2cccc1-c1nc2ccccc2c2ccccc12. The van der Waals surface area contributed by atoms with Gasteiger partial charge in [-0.1, -0.05) is 113 Å². The van der Waals surface area contributed by atoms with Crippen LogP contribution in [0.4, 0.5) is 0 Å². The van der Waals surface area contributed by atoms with E-state index in [1.165, 1.54) is 55.1 Å². The number of aromatic nitrogens is 1. The Morgan fingerprint density at radius 2 is 1.09 bits per heavy atom. The second kappa shape index (κ2) is 6.45. The molecule has 0 atom stereocenters. The molecular formula is C33H27N. The van der Waals surface area contributed by atoms with E-state index in [1.807, 2.05) is 0 Å². The molecule has 0 fully saturated rings. The lowest BCUT2D eigenvalue weighted by Gasteiger charge is -2.29. The third-order valence-corrected chi connectivity index (χ3v) is 8.19. The summed E-state index contributed by atoms with van der Waals surface area (Å²) in [6, 6.07) is 33.1. The number of rotatable bonds is 1. The summed E-state index contributed by atoms with van der Waals surface area (Å²) in [7, 11) is 0. The van der Waals surface area contributed by atoms with Crippen molar-refractivity contribution in [1.29, 1.82) is 0 Å². The minimum absolute atomic E-state index is 0.0219. The molecule has 4 aromatic carbocycles. The number of para-hydroxylation sites is 1. The van der Waals surface area contributed by atoms with Gasteiger partial charge in [0.1, 0.15) is 0 Å². The largest absolute Gasteiger partial charge is 0.247 e. The van der Waals surface area contributed by atoms with Gasteiger partial charge in [0.2, 0.25) is 0 Å². The topological polar surface area (TPSA) is 12.9 Å². The first-order chi connectivity index (χ1) is 16.4. The van der Waals surface area contributed by atoms with Crippen LogP contribution in [0.3, 0.4) is 0 Å². The first-order valence-electron chi connectivity index (χ1n) is 12.2. The molecule has 0 N–H and O–H groups in total. The highest BCUT2D eigenvalue weighted by atomic mass is 14.7. The van der Waals surface area contributed by atoms with Gasteiger partial charge in [0.15, 0.2) is 0 Å². The van der Waals surface area contributed by atoms with E-state index in [-0.39, 0.29) is 10.8 Å². The summed E-state index contributed by atoms with van der Waals surface area (Å²) in [5, 5.41) is 3.70. The summed E-state index contributed by atoms with van der Waals surface area (Å²) in [5.41, 5.74) is 11.9. The van der Waals surface area contributed by atoms with E-state index < -0.39 is 0 Å². The van der Waals surface area contributed by atoms with Gasteiger partial charge in [-0.2, -0.15) is 0 Å². The monoisotopic (exact) mass is 437 g/mol. The summed E-state index contributed by atoms with van der Waals surface area (Å²) in [6.45, 7) is 9.57. The van der Waals surface area contributed by atoms with Crippen LogP contribution in [-0.2, 0) is 10.8 Å². The molecule has 164 valence electrons. The second-order valence-electron chi connectivity index (χ2n) is 10.8. The van der Waals surface area contributed by atoms with Crippen molar-refractivity contribution in [3.8, 4) is 11.3 Å². The van der Waals surface area contributed by atoms with E-state index in [1.54, 1.807) is 0 Å². The Labute approximate surface area is 200 Å².